The number of unbranched alkanes of at least 4 members (excludes halogenated alkanes) is 1. The van der Waals surface area contributed by atoms with E-state index in [9.17, 15) is 0 Å². The van der Waals surface area contributed by atoms with E-state index in [2.05, 4.69) is 18.9 Å². The van der Waals surface area contributed by atoms with Gasteiger partial charge in [0.1, 0.15) is 0 Å². The van der Waals surface area contributed by atoms with Crippen LogP contribution in [0.5, 0.6) is 0 Å². The van der Waals surface area contributed by atoms with Gasteiger partial charge in [0, 0.05) is 0 Å². The number of hydrogen-bond donors (Lipinski definition) is 0. The zero-order valence-corrected chi connectivity index (χ0v) is 4.48. The van der Waals surface area contributed by atoms with Crippen LogP contribution in [-0.2, 0) is 0 Å². The predicted octanol–water partition coefficient (Wildman–Crippen LogP) is 2.29. The first-order valence-corrected chi connectivity index (χ1v) is 2.37. The molecule has 0 spiro atoms. The summed E-state index contributed by atoms with van der Waals surface area (Å²) >= 11 is 0. The Balaban J connectivity index is 2.97. The molecule has 0 saturated heterocycles. The van der Waals surface area contributed by atoms with Crippen LogP contribution in [0.2, 0.25) is 0 Å². The first-order valence-electron chi connectivity index (χ1n) is 2.37. The fourth-order valence-corrected chi connectivity index (χ4v) is 0.303. The molecule has 0 fully saturated rings. The molecule has 0 aromatic rings. The lowest BCUT2D eigenvalue weighted by Crippen LogP contribution is -1.57. The number of allylic oxidation sites excluding steroid dienone is 2. The molecular formula is C7H10. The summed E-state index contributed by atoms with van der Waals surface area (Å²) in [4.78, 5) is 0. The van der Waals surface area contributed by atoms with Crippen molar-refractivity contribution in [1.29, 1.82) is 0 Å². The van der Waals surface area contributed by atoms with Crippen LogP contribution >= 0.6 is 0 Å². The highest BCUT2D eigenvalue weighted by molar-refractivity contribution is 4.79. The Morgan fingerprint density at radius 3 is 2.57 bits per heavy atom. The van der Waals surface area contributed by atoms with Gasteiger partial charge in [0.05, 0.1) is 0 Å². The van der Waals surface area contributed by atoms with Gasteiger partial charge in [-0.25, -0.2) is 0 Å². The second-order valence-corrected chi connectivity index (χ2v) is 1.27. The minimum atomic E-state index is 1.02. The van der Waals surface area contributed by atoms with E-state index >= 15 is 0 Å². The third kappa shape index (κ3) is 5.26. The van der Waals surface area contributed by atoms with Crippen molar-refractivity contribution in [2.45, 2.75) is 12.8 Å². The monoisotopic (exact) mass is 94.1 g/mol. The summed E-state index contributed by atoms with van der Waals surface area (Å²) in [5.74, 6) is 0. The highest BCUT2D eigenvalue weighted by Crippen LogP contribution is 1.87. The summed E-state index contributed by atoms with van der Waals surface area (Å²) in [7, 11) is 0. The van der Waals surface area contributed by atoms with E-state index in [4.69, 9.17) is 0 Å². The maximum Gasteiger partial charge on any atom is -0.0240 e. The minimum Gasteiger partial charge on any atom is -0.133 e. The maximum atomic E-state index is 3.56. The van der Waals surface area contributed by atoms with Gasteiger partial charge in [-0.05, 0) is 18.9 Å². The van der Waals surface area contributed by atoms with Crippen molar-refractivity contribution in [2.75, 3.05) is 0 Å². The van der Waals surface area contributed by atoms with Crippen LogP contribution < -0.4 is 0 Å². The van der Waals surface area contributed by atoms with Crippen LogP contribution in [0.25, 0.3) is 0 Å². The minimum absolute atomic E-state index is 1.02. The molecule has 7 heavy (non-hydrogen) atoms. The quantitative estimate of drug-likeness (QED) is 0.286. The molecule has 38 valence electrons. The van der Waals surface area contributed by atoms with Crippen molar-refractivity contribution in [3.05, 3.63) is 31.0 Å². The third-order valence-electron chi connectivity index (χ3n) is 0.659. The second-order valence-electron chi connectivity index (χ2n) is 1.27. The van der Waals surface area contributed by atoms with Crippen molar-refractivity contribution in [3.8, 4) is 0 Å². The highest BCUT2D eigenvalue weighted by atomic mass is 13.7. The van der Waals surface area contributed by atoms with Gasteiger partial charge < -0.3 is 0 Å². The molecule has 0 N–H and O–H groups in total. The Hall–Kier alpha value is -0.740. The summed E-state index contributed by atoms with van der Waals surface area (Å²) in [5.41, 5.74) is 2.68. The molecule has 0 aliphatic rings. The molecule has 0 heteroatoms. The zero-order chi connectivity index (χ0) is 5.54. The fourth-order valence-electron chi connectivity index (χ4n) is 0.303. The van der Waals surface area contributed by atoms with E-state index in [1.165, 1.54) is 0 Å². The van der Waals surface area contributed by atoms with Gasteiger partial charge in [-0.3, -0.25) is 0 Å². The fraction of sp³-hybridized carbons (Fsp3) is 0.286. The molecule has 0 saturated carbocycles. The lowest BCUT2D eigenvalue weighted by Gasteiger charge is -1.76. The van der Waals surface area contributed by atoms with Gasteiger partial charge >= 0.3 is 0 Å². The van der Waals surface area contributed by atoms with Crippen molar-refractivity contribution in [1.82, 2.24) is 0 Å². The first kappa shape index (κ1) is 6.26. The molecule has 0 aromatic heterocycles. The van der Waals surface area contributed by atoms with Gasteiger partial charge in [-0.2, -0.15) is 0 Å². The summed E-state index contributed by atoms with van der Waals surface area (Å²) in [6.45, 7) is 6.98. The van der Waals surface area contributed by atoms with E-state index in [0.29, 0.717) is 0 Å². The molecule has 0 heterocycles. The number of hydrogen-bond acceptors (Lipinski definition) is 0. The Morgan fingerprint density at radius 2 is 2.14 bits per heavy atom. The van der Waals surface area contributed by atoms with Crippen LogP contribution in [-0.4, -0.2) is 0 Å². The molecule has 0 atom stereocenters. The summed E-state index contributed by atoms with van der Waals surface area (Å²) < 4.78 is 0. The average Bonchev–Trinajstić information content (AvgIpc) is 1.69. The van der Waals surface area contributed by atoms with E-state index in [1.54, 1.807) is 0 Å². The van der Waals surface area contributed by atoms with Crippen molar-refractivity contribution in [2.24, 2.45) is 0 Å². The SMILES string of the molecule is C=C=CCCC=C. The average molecular weight is 94.2 g/mol. The van der Waals surface area contributed by atoms with Crippen LogP contribution in [0.4, 0.5) is 0 Å². The van der Waals surface area contributed by atoms with Gasteiger partial charge in [0.15, 0.2) is 0 Å². The highest BCUT2D eigenvalue weighted by Gasteiger charge is 1.67. The molecule has 0 aliphatic heterocycles. The molecule has 0 bridgehead atoms. The Bertz CT molecular complexity index is 84.2. The van der Waals surface area contributed by atoms with E-state index in [1.807, 2.05) is 12.2 Å². The Kier molecular flexibility index (Phi) is 4.70. The predicted molar refractivity (Wildman–Crippen MR) is 33.1 cm³/mol. The largest absolute Gasteiger partial charge is 0.133 e. The lowest BCUT2D eigenvalue weighted by molar-refractivity contribution is 1.06. The van der Waals surface area contributed by atoms with Crippen LogP contribution in [0.3, 0.4) is 0 Å². The molecule has 0 amide bonds. The van der Waals surface area contributed by atoms with E-state index in [0.717, 1.165) is 12.8 Å². The molecule has 0 aliphatic carbocycles. The molecule has 0 aromatic carbocycles. The van der Waals surface area contributed by atoms with Crippen LogP contribution in [0.1, 0.15) is 12.8 Å². The van der Waals surface area contributed by atoms with Gasteiger partial charge in [0.25, 0.3) is 0 Å². The van der Waals surface area contributed by atoms with Gasteiger partial charge in [-0.1, -0.05) is 12.7 Å². The van der Waals surface area contributed by atoms with Gasteiger partial charge in [-0.15, -0.1) is 12.3 Å². The van der Waals surface area contributed by atoms with Crippen LogP contribution in [0.15, 0.2) is 31.0 Å². The second kappa shape index (κ2) is 5.26. The third-order valence-corrected chi connectivity index (χ3v) is 0.659. The molecular weight excluding hydrogens is 84.1 g/mol. The number of rotatable bonds is 3. The topological polar surface area (TPSA) is 0 Å². The summed E-state index contributed by atoms with van der Waals surface area (Å²) in [5, 5.41) is 0. The zero-order valence-electron chi connectivity index (χ0n) is 4.48. The molecule has 0 rings (SSSR count). The maximum absolute atomic E-state index is 3.56. The lowest BCUT2D eigenvalue weighted by atomic mass is 10.3. The van der Waals surface area contributed by atoms with Crippen LogP contribution in [0, 0.1) is 0 Å². The van der Waals surface area contributed by atoms with Crippen molar-refractivity contribution >= 4 is 0 Å². The summed E-state index contributed by atoms with van der Waals surface area (Å²) in [6, 6.07) is 0. The summed E-state index contributed by atoms with van der Waals surface area (Å²) in [6.07, 6.45) is 5.84. The Morgan fingerprint density at radius 1 is 1.43 bits per heavy atom. The normalized spacial score (nSPS) is 6.86. The van der Waals surface area contributed by atoms with Gasteiger partial charge in [0.2, 0.25) is 0 Å². The van der Waals surface area contributed by atoms with E-state index < -0.39 is 0 Å². The molecule has 0 unspecified atom stereocenters. The van der Waals surface area contributed by atoms with Crippen molar-refractivity contribution < 1.29 is 0 Å². The first-order chi connectivity index (χ1) is 3.41. The standard InChI is InChI=1S/C7H10/c1-3-5-7-6-4-2/h3,6H,1-2,5,7H2. The van der Waals surface area contributed by atoms with E-state index in [-0.39, 0.29) is 0 Å². The Labute approximate surface area is 44.9 Å². The molecule has 0 radical (unpaired) electrons. The molecule has 0 nitrogen and oxygen atoms in total. The van der Waals surface area contributed by atoms with Crippen molar-refractivity contribution in [3.63, 3.8) is 0 Å². The smallest absolute Gasteiger partial charge is 0.0240 e.